The Hall–Kier alpha value is -3.13. The molecule has 0 unspecified atom stereocenters. The van der Waals surface area contributed by atoms with Crippen molar-refractivity contribution in [1.29, 1.82) is 0 Å². The van der Waals surface area contributed by atoms with E-state index < -0.39 is 0 Å². The van der Waals surface area contributed by atoms with E-state index in [0.29, 0.717) is 23.0 Å². The van der Waals surface area contributed by atoms with Crippen LogP contribution in [0.4, 0.5) is 0 Å². The van der Waals surface area contributed by atoms with Crippen molar-refractivity contribution in [1.82, 2.24) is 24.6 Å². The summed E-state index contributed by atoms with van der Waals surface area (Å²) in [5.74, 6) is 0.582. The molecule has 0 bridgehead atoms. The Morgan fingerprint density at radius 1 is 1.22 bits per heavy atom. The van der Waals surface area contributed by atoms with Crippen LogP contribution in [-0.2, 0) is 0 Å². The molecule has 4 aromatic heterocycles. The smallest absolute Gasteiger partial charge is 0.267 e. The second-order valence-electron chi connectivity index (χ2n) is 6.47. The molecule has 7 nitrogen and oxygen atoms in total. The third-order valence-corrected chi connectivity index (χ3v) is 5.10. The number of carbonyl (C=O) groups excluding carboxylic acids is 1. The van der Waals surface area contributed by atoms with Crippen molar-refractivity contribution in [2.45, 2.75) is 26.7 Å². The molecule has 0 saturated heterocycles. The van der Waals surface area contributed by atoms with Gasteiger partial charge >= 0.3 is 0 Å². The van der Waals surface area contributed by atoms with E-state index in [9.17, 15) is 4.79 Å². The molecule has 0 aromatic carbocycles. The quantitative estimate of drug-likeness (QED) is 0.584. The predicted molar refractivity (Wildman–Crippen MR) is 105 cm³/mol. The molecule has 0 radical (unpaired) electrons. The van der Waals surface area contributed by atoms with Crippen LogP contribution in [0.3, 0.4) is 0 Å². The van der Waals surface area contributed by atoms with Crippen LogP contribution in [0.25, 0.3) is 21.7 Å². The monoisotopic (exact) mass is 378 g/mol. The van der Waals surface area contributed by atoms with Gasteiger partial charge in [-0.3, -0.25) is 19.9 Å². The third-order valence-electron chi connectivity index (χ3n) is 4.33. The number of amides is 1. The Labute approximate surface area is 160 Å². The zero-order valence-electron chi connectivity index (χ0n) is 15.2. The van der Waals surface area contributed by atoms with Crippen molar-refractivity contribution in [3.8, 4) is 10.8 Å². The summed E-state index contributed by atoms with van der Waals surface area (Å²) in [4.78, 5) is 30.0. The van der Waals surface area contributed by atoms with E-state index in [1.807, 2.05) is 23.8 Å². The molecule has 136 valence electrons. The lowest BCUT2D eigenvalue weighted by molar-refractivity contribution is 0.101. The largest absolute Gasteiger partial charge is 0.273 e. The summed E-state index contributed by atoms with van der Waals surface area (Å²) in [6.45, 7) is 6.03. The Morgan fingerprint density at radius 3 is 2.78 bits per heavy atom. The Morgan fingerprint density at radius 2 is 2.07 bits per heavy atom. The number of pyridine rings is 1. The molecule has 0 atom stereocenters. The molecular weight excluding hydrogens is 360 g/mol. The number of hydrogen-bond donors (Lipinski definition) is 1. The SMILES string of the molecule is Cc1nc(-c2nccs2)ncc1C(=O)Nn1cc(C(C)C)c2cnccc21. The fraction of sp³-hybridized carbons (Fsp3) is 0.211. The second kappa shape index (κ2) is 6.88. The summed E-state index contributed by atoms with van der Waals surface area (Å²) < 4.78 is 1.74. The van der Waals surface area contributed by atoms with Crippen molar-refractivity contribution in [3.63, 3.8) is 0 Å². The van der Waals surface area contributed by atoms with Crippen LogP contribution in [0.5, 0.6) is 0 Å². The van der Waals surface area contributed by atoms with Gasteiger partial charge < -0.3 is 0 Å². The number of carbonyl (C=O) groups is 1. The first kappa shape index (κ1) is 17.3. The van der Waals surface area contributed by atoms with Crippen molar-refractivity contribution in [2.24, 2.45) is 0 Å². The van der Waals surface area contributed by atoms with E-state index in [0.717, 1.165) is 21.5 Å². The van der Waals surface area contributed by atoms with Gasteiger partial charge in [0.05, 0.1) is 16.8 Å². The van der Waals surface area contributed by atoms with Gasteiger partial charge in [-0.2, -0.15) is 0 Å². The van der Waals surface area contributed by atoms with Crippen LogP contribution in [-0.4, -0.2) is 30.5 Å². The molecular formula is C19H18N6OS. The number of nitrogens with one attached hydrogen (secondary N) is 1. The van der Waals surface area contributed by atoms with Crippen molar-refractivity contribution < 1.29 is 4.79 Å². The Kier molecular flexibility index (Phi) is 4.41. The van der Waals surface area contributed by atoms with Crippen LogP contribution in [0.2, 0.25) is 0 Å². The molecule has 4 rings (SSSR count). The van der Waals surface area contributed by atoms with Gasteiger partial charge in [-0.05, 0) is 24.5 Å². The lowest BCUT2D eigenvalue weighted by Gasteiger charge is -2.09. The van der Waals surface area contributed by atoms with E-state index >= 15 is 0 Å². The zero-order valence-corrected chi connectivity index (χ0v) is 16.0. The van der Waals surface area contributed by atoms with Gasteiger partial charge in [0.2, 0.25) is 0 Å². The van der Waals surface area contributed by atoms with Crippen LogP contribution >= 0.6 is 11.3 Å². The highest BCUT2D eigenvalue weighted by Gasteiger charge is 2.17. The number of thiazole rings is 1. The lowest BCUT2D eigenvalue weighted by atomic mass is 10.0. The molecule has 4 aromatic rings. The predicted octanol–water partition coefficient (Wildman–Crippen LogP) is 3.77. The Bertz CT molecular complexity index is 1120. The number of aryl methyl sites for hydroxylation is 1. The average molecular weight is 378 g/mol. The molecule has 0 fully saturated rings. The van der Waals surface area contributed by atoms with Gasteiger partial charge in [0.25, 0.3) is 5.91 Å². The molecule has 0 spiro atoms. The lowest BCUT2D eigenvalue weighted by Crippen LogP contribution is -2.23. The Balaban J connectivity index is 1.66. The van der Waals surface area contributed by atoms with Gasteiger partial charge in [0.15, 0.2) is 10.8 Å². The first-order valence-corrected chi connectivity index (χ1v) is 9.42. The molecule has 0 saturated carbocycles. The summed E-state index contributed by atoms with van der Waals surface area (Å²) in [5.41, 5.74) is 6.00. The van der Waals surface area contributed by atoms with Gasteiger partial charge in [-0.1, -0.05) is 13.8 Å². The molecule has 1 N–H and O–H groups in total. The summed E-state index contributed by atoms with van der Waals surface area (Å²) in [6, 6.07) is 1.89. The minimum atomic E-state index is -0.262. The van der Waals surface area contributed by atoms with Crippen molar-refractivity contribution >= 4 is 28.1 Å². The highest BCUT2D eigenvalue weighted by atomic mass is 32.1. The fourth-order valence-corrected chi connectivity index (χ4v) is 3.52. The molecule has 8 heteroatoms. The molecule has 4 heterocycles. The minimum absolute atomic E-state index is 0.262. The maximum Gasteiger partial charge on any atom is 0.273 e. The first-order chi connectivity index (χ1) is 13.0. The molecule has 1 amide bonds. The van der Waals surface area contributed by atoms with Crippen molar-refractivity contribution in [3.05, 3.63) is 59.3 Å². The minimum Gasteiger partial charge on any atom is -0.267 e. The zero-order chi connectivity index (χ0) is 19.0. The first-order valence-electron chi connectivity index (χ1n) is 8.54. The maximum absolute atomic E-state index is 12.8. The van der Waals surface area contributed by atoms with E-state index in [-0.39, 0.29) is 5.91 Å². The molecule has 27 heavy (non-hydrogen) atoms. The molecule has 0 aliphatic carbocycles. The third kappa shape index (κ3) is 3.19. The highest BCUT2D eigenvalue weighted by molar-refractivity contribution is 7.12. The van der Waals surface area contributed by atoms with Crippen molar-refractivity contribution in [2.75, 3.05) is 5.43 Å². The summed E-state index contributed by atoms with van der Waals surface area (Å²) in [7, 11) is 0. The summed E-state index contributed by atoms with van der Waals surface area (Å²) in [6.07, 6.45) is 8.73. The topological polar surface area (TPSA) is 85.6 Å². The van der Waals surface area contributed by atoms with Gasteiger partial charge in [0.1, 0.15) is 0 Å². The van der Waals surface area contributed by atoms with Gasteiger partial charge in [-0.25, -0.2) is 15.0 Å². The number of fused-ring (bicyclic) bond motifs is 1. The number of rotatable bonds is 4. The van der Waals surface area contributed by atoms with E-state index in [1.165, 1.54) is 11.3 Å². The van der Waals surface area contributed by atoms with Gasteiger partial charge in [-0.15, -0.1) is 11.3 Å². The standard InChI is InChI=1S/C19H18N6OS/c1-11(2)15-10-25(16-4-5-20-8-14(15)16)24-18(26)13-9-22-17(23-12(13)3)19-21-6-7-27-19/h4-11H,1-3H3,(H,24,26). The molecule has 0 aliphatic heterocycles. The maximum atomic E-state index is 12.8. The highest BCUT2D eigenvalue weighted by Crippen LogP contribution is 2.26. The fourth-order valence-electron chi connectivity index (χ4n) is 2.95. The number of hydrogen-bond acceptors (Lipinski definition) is 6. The van der Waals surface area contributed by atoms with E-state index in [2.05, 4.69) is 39.2 Å². The van der Waals surface area contributed by atoms with Gasteiger partial charge in [0, 0.05) is 41.8 Å². The van der Waals surface area contributed by atoms with Crippen LogP contribution in [0, 0.1) is 6.92 Å². The summed E-state index contributed by atoms with van der Waals surface area (Å²) in [5, 5.41) is 3.63. The molecule has 0 aliphatic rings. The van der Waals surface area contributed by atoms with Crippen LogP contribution in [0.15, 0.2) is 42.4 Å². The van der Waals surface area contributed by atoms with Crippen LogP contribution < -0.4 is 5.43 Å². The normalized spacial score (nSPS) is 11.3. The average Bonchev–Trinajstić information content (AvgIpc) is 3.30. The van der Waals surface area contributed by atoms with E-state index in [4.69, 9.17) is 0 Å². The van der Waals surface area contributed by atoms with Crippen LogP contribution in [0.1, 0.15) is 41.4 Å². The summed E-state index contributed by atoms with van der Waals surface area (Å²) >= 11 is 1.46. The number of aromatic nitrogens is 5. The number of nitrogens with zero attached hydrogens (tertiary/aromatic N) is 5. The second-order valence-corrected chi connectivity index (χ2v) is 7.37. The van der Waals surface area contributed by atoms with E-state index in [1.54, 1.807) is 30.2 Å².